The van der Waals surface area contributed by atoms with Crippen LogP contribution in [0.2, 0.25) is 0 Å². The summed E-state index contributed by atoms with van der Waals surface area (Å²) in [5.74, 6) is -0.634. The van der Waals surface area contributed by atoms with Crippen LogP contribution in [-0.2, 0) is 24.3 Å². The summed E-state index contributed by atoms with van der Waals surface area (Å²) in [7, 11) is 3.39. The van der Waals surface area contributed by atoms with Crippen molar-refractivity contribution in [3.05, 3.63) is 138 Å². The molecule has 6 rings (SSSR count). The van der Waals surface area contributed by atoms with Crippen LogP contribution in [0.3, 0.4) is 0 Å². The van der Waals surface area contributed by atoms with Gasteiger partial charge in [0.05, 0.1) is 27.4 Å². The molecule has 0 aliphatic carbocycles. The summed E-state index contributed by atoms with van der Waals surface area (Å²) in [6.45, 7) is 3.41. The normalized spacial score (nSPS) is 13.7. The lowest BCUT2D eigenvalue weighted by atomic mass is 9.70. The first kappa shape index (κ1) is 25.8. The molecule has 2 aromatic heterocycles. The maximum Gasteiger partial charge on any atom is 0.276 e. The molecule has 3 aromatic carbocycles. The average molecular weight is 551 g/mol. The highest BCUT2D eigenvalue weighted by atomic mass is 16.6. The van der Waals surface area contributed by atoms with Gasteiger partial charge in [0, 0.05) is 48.9 Å². The molecule has 0 radical (unpaired) electrons. The van der Waals surface area contributed by atoms with Gasteiger partial charge in [0.15, 0.2) is 0 Å². The van der Waals surface area contributed by atoms with Crippen LogP contribution in [0, 0.1) is 24.0 Å². The van der Waals surface area contributed by atoms with Crippen LogP contribution in [0.25, 0.3) is 11.4 Å². The maximum atomic E-state index is 14.4. The highest BCUT2D eigenvalue weighted by molar-refractivity contribution is 6.12. The average Bonchev–Trinajstić information content (AvgIpc) is 3.47. The van der Waals surface area contributed by atoms with E-state index in [-0.39, 0.29) is 22.4 Å². The summed E-state index contributed by atoms with van der Waals surface area (Å²) in [5.41, 5.74) is -0.709. The third kappa shape index (κ3) is 3.41. The van der Waals surface area contributed by atoms with E-state index < -0.39 is 27.4 Å². The Labute approximate surface area is 233 Å². The SMILES string of the molecule is Cc1c(C2(c3c(C)n(C)n(-c4ccccc4)c3=O)C(=O)Nc3ccc([N+](=O)[O-])cc32)c(=O)n(-c2ccccc2)n1C. The van der Waals surface area contributed by atoms with E-state index in [4.69, 9.17) is 0 Å². The fourth-order valence-electron chi connectivity index (χ4n) is 6.03. The van der Waals surface area contributed by atoms with Crippen LogP contribution in [0.5, 0.6) is 0 Å². The highest BCUT2D eigenvalue weighted by Gasteiger charge is 2.57. The number of nitrogens with zero attached hydrogens (tertiary/aromatic N) is 5. The number of nitro benzene ring substituents is 1. The van der Waals surface area contributed by atoms with Crippen molar-refractivity contribution in [1.29, 1.82) is 0 Å². The molecule has 1 N–H and O–H groups in total. The van der Waals surface area contributed by atoms with Crippen molar-refractivity contribution in [3.8, 4) is 11.4 Å². The number of hydrogen-bond donors (Lipinski definition) is 1. The molecule has 0 spiro atoms. The van der Waals surface area contributed by atoms with Gasteiger partial charge in [-0.2, -0.15) is 0 Å². The lowest BCUT2D eigenvalue weighted by Gasteiger charge is -2.26. The molecule has 11 heteroatoms. The number of fused-ring (bicyclic) bond motifs is 1. The number of non-ortho nitro benzene ring substituents is 1. The minimum absolute atomic E-state index is 0.0478. The van der Waals surface area contributed by atoms with Crippen molar-refractivity contribution in [2.45, 2.75) is 19.3 Å². The monoisotopic (exact) mass is 550 g/mol. The van der Waals surface area contributed by atoms with E-state index in [0.717, 1.165) is 0 Å². The van der Waals surface area contributed by atoms with Crippen molar-refractivity contribution >= 4 is 17.3 Å². The molecule has 0 bridgehead atoms. The van der Waals surface area contributed by atoms with E-state index in [9.17, 15) is 24.5 Å². The van der Waals surface area contributed by atoms with E-state index in [0.29, 0.717) is 28.5 Å². The predicted octanol–water partition coefficient (Wildman–Crippen LogP) is 3.48. The Hall–Kier alpha value is -5.45. The number of aromatic nitrogens is 4. The van der Waals surface area contributed by atoms with Crippen LogP contribution in [0.1, 0.15) is 28.1 Å². The molecule has 11 nitrogen and oxygen atoms in total. The molecule has 206 valence electrons. The Kier molecular flexibility index (Phi) is 5.70. The van der Waals surface area contributed by atoms with Crippen LogP contribution in [0.4, 0.5) is 11.4 Å². The van der Waals surface area contributed by atoms with Crippen molar-refractivity contribution in [3.63, 3.8) is 0 Å². The summed E-state index contributed by atoms with van der Waals surface area (Å²) in [4.78, 5) is 54.6. The van der Waals surface area contributed by atoms with Crippen molar-refractivity contribution in [2.75, 3.05) is 5.32 Å². The first-order chi connectivity index (χ1) is 19.6. The molecule has 41 heavy (non-hydrogen) atoms. The topological polar surface area (TPSA) is 126 Å². The molecule has 1 aliphatic heterocycles. The van der Waals surface area contributed by atoms with Gasteiger partial charge in [0.2, 0.25) is 5.91 Å². The van der Waals surface area contributed by atoms with E-state index >= 15 is 0 Å². The zero-order chi connectivity index (χ0) is 29.2. The standard InChI is InChI=1S/C30H26N6O5/c1-18-25(27(37)34(32(18)3)20-11-7-5-8-12-20)30(23-17-22(36(40)41)15-16-24(23)31-29(30)39)26-19(2)33(4)35(28(26)38)21-13-9-6-10-14-21/h5-17H,1-4H3,(H,31,39). The van der Waals surface area contributed by atoms with Gasteiger partial charge in [0.25, 0.3) is 16.8 Å². The summed E-state index contributed by atoms with van der Waals surface area (Å²) in [5, 5.41) is 14.7. The van der Waals surface area contributed by atoms with Crippen LogP contribution in [-0.4, -0.2) is 29.6 Å². The number of carbonyl (C=O) groups is 1. The molecule has 3 heterocycles. The predicted molar refractivity (Wildman–Crippen MR) is 153 cm³/mol. The van der Waals surface area contributed by atoms with Crippen molar-refractivity contribution in [2.24, 2.45) is 14.1 Å². The zero-order valence-electron chi connectivity index (χ0n) is 22.8. The molecule has 0 saturated carbocycles. The molecule has 0 fully saturated rings. The number of amides is 1. The molecular weight excluding hydrogens is 524 g/mol. The largest absolute Gasteiger partial charge is 0.324 e. The Morgan fingerprint density at radius 2 is 1.20 bits per heavy atom. The minimum atomic E-state index is -1.97. The molecular formula is C30H26N6O5. The van der Waals surface area contributed by atoms with Crippen molar-refractivity contribution in [1.82, 2.24) is 18.7 Å². The van der Waals surface area contributed by atoms with Crippen LogP contribution in [0.15, 0.2) is 88.5 Å². The van der Waals surface area contributed by atoms with Crippen LogP contribution >= 0.6 is 0 Å². The summed E-state index contributed by atoms with van der Waals surface area (Å²) in [6, 6.07) is 21.9. The molecule has 0 saturated heterocycles. The molecule has 1 aliphatic rings. The second kappa shape index (κ2) is 9.05. The molecule has 5 aromatic rings. The third-order valence-corrected chi connectivity index (χ3v) is 8.07. The summed E-state index contributed by atoms with van der Waals surface area (Å²) < 4.78 is 6.13. The lowest BCUT2D eigenvalue weighted by Crippen LogP contribution is -2.45. The number of nitro groups is 1. The van der Waals surface area contributed by atoms with Gasteiger partial charge in [-0.25, -0.2) is 9.36 Å². The number of hydrogen-bond acceptors (Lipinski definition) is 5. The van der Waals surface area contributed by atoms with Gasteiger partial charge in [-0.3, -0.25) is 33.9 Å². The number of carbonyl (C=O) groups excluding carboxylic acids is 1. The molecule has 0 unspecified atom stereocenters. The number of anilines is 1. The first-order valence-electron chi connectivity index (χ1n) is 12.9. The minimum Gasteiger partial charge on any atom is -0.324 e. The quantitative estimate of drug-likeness (QED) is 0.265. The smallest absolute Gasteiger partial charge is 0.276 e. The second-order valence-corrected chi connectivity index (χ2v) is 10.1. The summed E-state index contributed by atoms with van der Waals surface area (Å²) >= 11 is 0. The molecule has 1 amide bonds. The lowest BCUT2D eigenvalue weighted by molar-refractivity contribution is -0.384. The molecule has 0 atom stereocenters. The summed E-state index contributed by atoms with van der Waals surface area (Å²) in [6.07, 6.45) is 0. The number of nitrogens with one attached hydrogen (secondary N) is 1. The third-order valence-electron chi connectivity index (χ3n) is 8.07. The van der Waals surface area contributed by atoms with Gasteiger partial charge in [-0.1, -0.05) is 36.4 Å². The fourth-order valence-corrected chi connectivity index (χ4v) is 6.03. The Balaban J connectivity index is 1.81. The van der Waals surface area contributed by atoms with E-state index in [1.807, 2.05) is 12.1 Å². The Morgan fingerprint density at radius 3 is 1.63 bits per heavy atom. The van der Waals surface area contributed by atoms with Gasteiger partial charge in [0.1, 0.15) is 5.41 Å². The van der Waals surface area contributed by atoms with Gasteiger partial charge >= 0.3 is 0 Å². The van der Waals surface area contributed by atoms with Gasteiger partial charge < -0.3 is 5.32 Å². The Morgan fingerprint density at radius 1 is 0.732 bits per heavy atom. The number of para-hydroxylation sites is 2. The maximum absolute atomic E-state index is 14.4. The van der Waals surface area contributed by atoms with Crippen molar-refractivity contribution < 1.29 is 9.72 Å². The van der Waals surface area contributed by atoms with E-state index in [1.54, 1.807) is 85.8 Å². The first-order valence-corrected chi connectivity index (χ1v) is 12.9. The number of rotatable bonds is 5. The fraction of sp³-hybridized carbons (Fsp3) is 0.167. The zero-order valence-corrected chi connectivity index (χ0v) is 22.8. The highest BCUT2D eigenvalue weighted by Crippen LogP contribution is 2.49. The van der Waals surface area contributed by atoms with Gasteiger partial charge in [-0.15, -0.1) is 0 Å². The van der Waals surface area contributed by atoms with Gasteiger partial charge in [-0.05, 0) is 44.2 Å². The van der Waals surface area contributed by atoms with E-state index in [1.165, 1.54) is 27.6 Å². The Bertz CT molecular complexity index is 1890. The van der Waals surface area contributed by atoms with E-state index in [2.05, 4.69) is 5.32 Å². The second-order valence-electron chi connectivity index (χ2n) is 10.1. The van der Waals surface area contributed by atoms with Crippen LogP contribution < -0.4 is 16.4 Å². The number of benzene rings is 3.